The quantitative estimate of drug-likeness (QED) is 0.150. The van der Waals surface area contributed by atoms with Gasteiger partial charge in [-0.2, -0.15) is 31.3 Å². The number of carboxylic acids is 2. The number of carboxylic acid groups (broad SMARTS) is 2. The Hall–Kier alpha value is -6.35. The van der Waals surface area contributed by atoms with Gasteiger partial charge in [-0.05, 0) is 73.9 Å². The van der Waals surface area contributed by atoms with Crippen LogP contribution in [0.15, 0.2) is 53.4 Å². The van der Waals surface area contributed by atoms with Gasteiger partial charge in [-0.3, -0.25) is 14.6 Å². The van der Waals surface area contributed by atoms with E-state index in [1.807, 2.05) is 18.2 Å². The summed E-state index contributed by atoms with van der Waals surface area (Å²) in [5.74, 6) is -5.27. The molecule has 0 atom stereocenters. The molecule has 0 spiro atoms. The number of anilines is 5. The molecule has 0 unspecified atom stereocenters. The van der Waals surface area contributed by atoms with E-state index in [0.29, 0.717) is 60.9 Å². The number of amides is 2. The van der Waals surface area contributed by atoms with Gasteiger partial charge in [0.05, 0.1) is 18.1 Å². The molecular formula is C33H31F7N8O7. The zero-order valence-corrected chi connectivity index (χ0v) is 28.5. The maximum absolute atomic E-state index is 14.5. The fraction of sp³-hybridized carbons (Fsp3) is 0.333. The van der Waals surface area contributed by atoms with Crippen molar-refractivity contribution in [2.45, 2.75) is 51.4 Å². The van der Waals surface area contributed by atoms with E-state index in [1.54, 1.807) is 36.4 Å². The lowest BCUT2D eigenvalue weighted by Gasteiger charge is -2.31. The van der Waals surface area contributed by atoms with Gasteiger partial charge in [0.2, 0.25) is 11.9 Å². The number of alkyl halides is 6. The van der Waals surface area contributed by atoms with E-state index in [2.05, 4.69) is 36.1 Å². The van der Waals surface area contributed by atoms with Gasteiger partial charge < -0.3 is 35.6 Å². The number of benzene rings is 1. The molecule has 2 aliphatic heterocycles. The number of carbonyl (C=O) groups is 4. The van der Waals surface area contributed by atoms with Crippen LogP contribution in [-0.4, -0.2) is 84.4 Å². The minimum absolute atomic E-state index is 0.0390. The molecule has 5 heterocycles. The standard InChI is InChI=1S/C29H29FN8O3.2C2HF3O2/c1-17-10-25(37-41-17)28(40)38-8-6-18(7-9-38)12-26(39)35-24-5-4-21-13-20(24)3-2-19-11-22(15-31-14-19)34-29-32-16-23(30)27(33-21)36-29;2*3-2(4,5)1(6)7/h4-5,10-11,13-16,18H,2-3,6-9,12H2,1H3,(H,35,39)(H2,32,33,34,36);2*(H,6,7). The molecule has 15 nitrogen and oxygen atoms in total. The second-order valence-electron chi connectivity index (χ2n) is 12.0. The molecule has 1 saturated heterocycles. The van der Waals surface area contributed by atoms with Crippen molar-refractivity contribution >= 4 is 52.6 Å². The molecule has 2 amide bonds. The normalized spacial score (nSPS) is 14.1. The predicted molar refractivity (Wildman–Crippen MR) is 177 cm³/mol. The van der Waals surface area contributed by atoms with Crippen LogP contribution in [0, 0.1) is 18.7 Å². The maximum atomic E-state index is 14.5. The first-order valence-electron chi connectivity index (χ1n) is 16.0. The molecule has 2 aliphatic rings. The van der Waals surface area contributed by atoms with Gasteiger partial charge in [0.25, 0.3) is 5.91 Å². The third-order valence-electron chi connectivity index (χ3n) is 7.83. The molecule has 1 fully saturated rings. The number of pyridine rings is 1. The van der Waals surface area contributed by atoms with Gasteiger partial charge in [0, 0.05) is 43.1 Å². The van der Waals surface area contributed by atoms with Crippen LogP contribution in [0.2, 0.25) is 0 Å². The lowest BCUT2D eigenvalue weighted by molar-refractivity contribution is -0.193. The summed E-state index contributed by atoms with van der Waals surface area (Å²) in [6, 6.07) is 9.09. The number of aromatic nitrogens is 4. The Bertz CT molecular complexity index is 1990. The third kappa shape index (κ3) is 12.4. The van der Waals surface area contributed by atoms with Crippen LogP contribution in [-0.2, 0) is 27.2 Å². The molecule has 4 aromatic rings. The number of nitrogens with one attached hydrogen (secondary N) is 3. The van der Waals surface area contributed by atoms with Crippen molar-refractivity contribution in [3.8, 4) is 0 Å². The Morgan fingerprint density at radius 3 is 2.16 bits per heavy atom. The Morgan fingerprint density at radius 2 is 1.56 bits per heavy atom. The van der Waals surface area contributed by atoms with E-state index in [0.717, 1.165) is 30.2 Å². The number of rotatable bonds is 4. The SMILES string of the molecule is Cc1cc(C(=O)N2CCC(CC(=O)Nc3ccc4cc3CCc3cncc(c3)Nc3ncc(F)c(n3)N4)CC2)no1.O=C(O)C(F)(F)F.O=C(O)C(F)(F)F. The number of carbonyl (C=O) groups excluding carboxylic acids is 2. The number of likely N-dealkylation sites (tertiary alicyclic amines) is 1. The first-order chi connectivity index (χ1) is 25.8. The first kappa shape index (κ1) is 41.4. The summed E-state index contributed by atoms with van der Waals surface area (Å²) in [6.45, 7) is 2.89. The van der Waals surface area contributed by atoms with Crippen LogP contribution in [0.5, 0.6) is 0 Å². The topological polar surface area (TPSA) is 213 Å². The summed E-state index contributed by atoms with van der Waals surface area (Å²) in [7, 11) is 0. The Labute approximate surface area is 306 Å². The molecule has 0 aliphatic carbocycles. The van der Waals surface area contributed by atoms with Gasteiger partial charge in [0.15, 0.2) is 17.3 Å². The van der Waals surface area contributed by atoms with Gasteiger partial charge in [0.1, 0.15) is 5.76 Å². The molecule has 5 N–H and O–H groups in total. The molecule has 294 valence electrons. The summed E-state index contributed by atoms with van der Waals surface area (Å²) >= 11 is 0. The average molecular weight is 785 g/mol. The summed E-state index contributed by atoms with van der Waals surface area (Å²) < 4.78 is 83.0. The van der Waals surface area contributed by atoms with E-state index in [9.17, 15) is 40.3 Å². The molecule has 6 bridgehead atoms. The zero-order chi connectivity index (χ0) is 40.5. The number of aliphatic carboxylic acids is 2. The number of fused-ring (bicyclic) bond motifs is 6. The van der Waals surface area contributed by atoms with Crippen molar-refractivity contribution in [3.05, 3.63) is 77.3 Å². The molecule has 6 rings (SSSR count). The lowest BCUT2D eigenvalue weighted by atomic mass is 9.93. The van der Waals surface area contributed by atoms with Crippen LogP contribution in [0.4, 0.5) is 59.6 Å². The number of piperidine rings is 1. The average Bonchev–Trinajstić information content (AvgIpc) is 3.55. The van der Waals surface area contributed by atoms with Crippen molar-refractivity contribution in [2.24, 2.45) is 5.92 Å². The van der Waals surface area contributed by atoms with Crippen LogP contribution >= 0.6 is 0 Å². The number of halogens is 7. The van der Waals surface area contributed by atoms with Gasteiger partial charge >= 0.3 is 24.3 Å². The van der Waals surface area contributed by atoms with E-state index in [1.165, 1.54) is 0 Å². The summed E-state index contributed by atoms with van der Waals surface area (Å²) in [4.78, 5) is 57.9. The molecule has 0 saturated carbocycles. The second kappa shape index (κ2) is 17.6. The van der Waals surface area contributed by atoms with Crippen molar-refractivity contribution in [1.82, 2.24) is 25.0 Å². The fourth-order valence-corrected chi connectivity index (χ4v) is 5.19. The van der Waals surface area contributed by atoms with Gasteiger partial charge in [-0.15, -0.1) is 0 Å². The second-order valence-corrected chi connectivity index (χ2v) is 12.0. The lowest BCUT2D eigenvalue weighted by Crippen LogP contribution is -2.39. The zero-order valence-electron chi connectivity index (χ0n) is 28.5. The van der Waals surface area contributed by atoms with Crippen molar-refractivity contribution in [1.29, 1.82) is 0 Å². The molecule has 55 heavy (non-hydrogen) atoms. The largest absolute Gasteiger partial charge is 0.490 e. The highest BCUT2D eigenvalue weighted by Gasteiger charge is 2.39. The maximum Gasteiger partial charge on any atom is 0.490 e. The van der Waals surface area contributed by atoms with Crippen molar-refractivity contribution in [2.75, 3.05) is 29.0 Å². The van der Waals surface area contributed by atoms with E-state index >= 15 is 0 Å². The van der Waals surface area contributed by atoms with E-state index in [-0.39, 0.29) is 29.5 Å². The monoisotopic (exact) mass is 784 g/mol. The molecule has 22 heteroatoms. The van der Waals surface area contributed by atoms with E-state index < -0.39 is 30.1 Å². The number of hydrogen-bond acceptors (Lipinski definition) is 11. The summed E-state index contributed by atoms with van der Waals surface area (Å²) in [6.07, 6.45) is -2.47. The minimum atomic E-state index is -5.08. The van der Waals surface area contributed by atoms with E-state index in [4.69, 9.17) is 24.3 Å². The molecular weight excluding hydrogens is 753 g/mol. The summed E-state index contributed by atoms with van der Waals surface area (Å²) in [5.41, 5.74) is 4.25. The number of nitrogens with zero attached hydrogens (tertiary/aromatic N) is 5. The molecule has 3 aromatic heterocycles. The van der Waals surface area contributed by atoms with Crippen LogP contribution in [0.1, 0.15) is 46.6 Å². The predicted octanol–water partition coefficient (Wildman–Crippen LogP) is 6.04. The fourth-order valence-electron chi connectivity index (χ4n) is 5.19. The third-order valence-corrected chi connectivity index (χ3v) is 7.83. The van der Waals surface area contributed by atoms with Gasteiger partial charge in [-0.1, -0.05) is 5.16 Å². The van der Waals surface area contributed by atoms with Gasteiger partial charge in [-0.25, -0.2) is 19.0 Å². The molecule has 1 aromatic carbocycles. The number of aryl methyl sites for hydroxylation is 3. The highest BCUT2D eigenvalue weighted by Crippen LogP contribution is 2.29. The smallest absolute Gasteiger partial charge is 0.475 e. The summed E-state index contributed by atoms with van der Waals surface area (Å²) in [5, 5.41) is 27.3. The highest BCUT2D eigenvalue weighted by atomic mass is 19.4. The Morgan fingerprint density at radius 1 is 0.909 bits per heavy atom. The first-order valence-corrected chi connectivity index (χ1v) is 16.0. The minimum Gasteiger partial charge on any atom is -0.475 e. The van der Waals surface area contributed by atoms with Crippen LogP contribution < -0.4 is 16.0 Å². The van der Waals surface area contributed by atoms with Crippen LogP contribution in [0.3, 0.4) is 0 Å². The van der Waals surface area contributed by atoms with Crippen molar-refractivity contribution in [3.63, 3.8) is 0 Å². The Kier molecular flexibility index (Phi) is 13.3. The molecule has 0 radical (unpaired) electrons. The Balaban J connectivity index is 0.000000410. The number of hydrogen-bond donors (Lipinski definition) is 5. The van der Waals surface area contributed by atoms with Crippen molar-refractivity contribution < 1.29 is 64.6 Å². The highest BCUT2D eigenvalue weighted by molar-refractivity contribution is 5.93. The van der Waals surface area contributed by atoms with Crippen LogP contribution in [0.25, 0.3) is 0 Å².